The average molecular weight is 740 g/mol. The Kier molecular flexibility index (Phi) is 25.0. The van der Waals surface area contributed by atoms with Gasteiger partial charge in [0.2, 0.25) is 35.4 Å². The first-order valence-corrected chi connectivity index (χ1v) is 19.1. The van der Waals surface area contributed by atoms with Crippen molar-refractivity contribution in [2.45, 2.75) is 156 Å². The SMILES string of the molecule is CCCCCCCCCCCCNC(=O)C[C@H](NC(=O)[C@@H](NC(=O)C(NC(=O)[C@@H](NC(=O)CNC(=O)[C@H](C)NC)C(C)C)C(C)C)C(C)C)C(=O)O. The average Bonchev–Trinajstić information content (AvgIpc) is 3.08. The van der Waals surface area contributed by atoms with Gasteiger partial charge in [-0.1, -0.05) is 106 Å². The van der Waals surface area contributed by atoms with Crippen molar-refractivity contribution in [3.05, 3.63) is 0 Å². The number of hydrogen-bond donors (Lipinski definition) is 8. The molecule has 0 heterocycles. The zero-order valence-corrected chi connectivity index (χ0v) is 33.1. The van der Waals surface area contributed by atoms with Gasteiger partial charge in [0.1, 0.15) is 24.2 Å². The van der Waals surface area contributed by atoms with E-state index in [0.29, 0.717) is 6.54 Å². The number of likely N-dealkylation sites (N-methyl/N-ethyl adjacent to an activating group) is 1. The highest BCUT2D eigenvalue weighted by Crippen LogP contribution is 2.11. The van der Waals surface area contributed by atoms with Crippen molar-refractivity contribution in [1.82, 2.24) is 37.2 Å². The monoisotopic (exact) mass is 740 g/mol. The van der Waals surface area contributed by atoms with E-state index in [-0.39, 0.29) is 18.4 Å². The van der Waals surface area contributed by atoms with Crippen LogP contribution < -0.4 is 37.2 Å². The van der Waals surface area contributed by atoms with Crippen LogP contribution in [0.3, 0.4) is 0 Å². The van der Waals surface area contributed by atoms with Crippen molar-refractivity contribution in [3.63, 3.8) is 0 Å². The molecule has 52 heavy (non-hydrogen) atoms. The first kappa shape index (κ1) is 48.2. The van der Waals surface area contributed by atoms with E-state index in [1.165, 1.54) is 38.5 Å². The summed E-state index contributed by atoms with van der Waals surface area (Å²) in [5.74, 6) is -6.25. The zero-order valence-electron chi connectivity index (χ0n) is 33.1. The molecule has 15 nitrogen and oxygen atoms in total. The van der Waals surface area contributed by atoms with Gasteiger partial charge in [-0.3, -0.25) is 28.8 Å². The summed E-state index contributed by atoms with van der Waals surface area (Å²) in [5.41, 5.74) is 0. The Morgan fingerprint density at radius 1 is 0.519 bits per heavy atom. The molecule has 0 aliphatic rings. The van der Waals surface area contributed by atoms with Crippen LogP contribution in [-0.4, -0.2) is 96.9 Å². The Balaban J connectivity index is 5.21. The maximum atomic E-state index is 13.5. The third kappa shape index (κ3) is 20.3. The Hall–Kier alpha value is -3.75. The molecule has 0 aromatic carbocycles. The second-order valence-corrected chi connectivity index (χ2v) is 14.6. The molecular weight excluding hydrogens is 670 g/mol. The normalized spacial score (nSPS) is 14.2. The minimum Gasteiger partial charge on any atom is -0.480 e. The van der Waals surface area contributed by atoms with E-state index < -0.39 is 84.0 Å². The van der Waals surface area contributed by atoms with E-state index in [2.05, 4.69) is 44.1 Å². The van der Waals surface area contributed by atoms with Crippen molar-refractivity contribution in [1.29, 1.82) is 0 Å². The lowest BCUT2D eigenvalue weighted by Crippen LogP contribution is -2.61. The van der Waals surface area contributed by atoms with Crippen LogP contribution in [0.4, 0.5) is 0 Å². The number of nitrogens with one attached hydrogen (secondary N) is 7. The number of carboxylic acids is 1. The Labute approximate surface area is 311 Å². The molecule has 0 aromatic rings. The molecule has 0 radical (unpaired) electrons. The maximum Gasteiger partial charge on any atom is 0.326 e. The number of hydrogen-bond acceptors (Lipinski definition) is 8. The molecule has 0 spiro atoms. The molecule has 0 aliphatic heterocycles. The quantitative estimate of drug-likeness (QED) is 0.0550. The fourth-order valence-electron chi connectivity index (χ4n) is 5.33. The highest BCUT2D eigenvalue weighted by molar-refractivity contribution is 5.96. The standard InChI is InChI=1S/C37H69N7O8/c1-10-11-12-13-14-15-16-17-18-19-20-39-28(45)21-27(37(51)52)41-34(48)31(24(4)5)43-36(50)32(25(6)7)44-35(49)30(23(2)3)42-29(46)22-40-33(47)26(8)38-9/h23-27,30-32,38H,10-22H2,1-9H3,(H,39,45)(H,40,47)(H,41,48)(H,42,46)(H,43,50)(H,44,49)(H,51,52)/t26-,27-,30-,31-,32?/m0/s1. The van der Waals surface area contributed by atoms with Gasteiger partial charge >= 0.3 is 5.97 Å². The fourth-order valence-corrected chi connectivity index (χ4v) is 5.33. The van der Waals surface area contributed by atoms with E-state index in [0.717, 1.165) is 25.7 Å². The van der Waals surface area contributed by atoms with Gasteiger partial charge in [-0.2, -0.15) is 0 Å². The Bertz CT molecular complexity index is 1130. The van der Waals surface area contributed by atoms with E-state index >= 15 is 0 Å². The lowest BCUT2D eigenvalue weighted by Gasteiger charge is -2.29. The van der Waals surface area contributed by atoms with Gasteiger partial charge in [-0.25, -0.2) is 4.79 Å². The number of carbonyl (C=O) groups excluding carboxylic acids is 6. The maximum absolute atomic E-state index is 13.5. The van der Waals surface area contributed by atoms with Crippen molar-refractivity contribution >= 4 is 41.4 Å². The van der Waals surface area contributed by atoms with Crippen LogP contribution in [0.25, 0.3) is 0 Å². The van der Waals surface area contributed by atoms with E-state index in [4.69, 9.17) is 0 Å². The number of carbonyl (C=O) groups is 7. The highest BCUT2D eigenvalue weighted by Gasteiger charge is 2.35. The van der Waals surface area contributed by atoms with Gasteiger partial charge < -0.3 is 42.3 Å². The van der Waals surface area contributed by atoms with Crippen molar-refractivity contribution in [3.8, 4) is 0 Å². The number of amides is 6. The van der Waals surface area contributed by atoms with Crippen LogP contribution in [-0.2, 0) is 33.6 Å². The van der Waals surface area contributed by atoms with Crippen LogP contribution >= 0.6 is 0 Å². The topological polar surface area (TPSA) is 224 Å². The number of unbranched alkanes of at least 4 members (excludes halogenated alkanes) is 9. The third-order valence-corrected chi connectivity index (χ3v) is 8.87. The van der Waals surface area contributed by atoms with Crippen LogP contribution in [0.5, 0.6) is 0 Å². The van der Waals surface area contributed by atoms with Crippen LogP contribution in [0.1, 0.15) is 126 Å². The highest BCUT2D eigenvalue weighted by atomic mass is 16.4. The lowest BCUT2D eigenvalue weighted by atomic mass is 9.97. The number of carboxylic acid groups (broad SMARTS) is 1. The van der Waals surface area contributed by atoms with Gasteiger partial charge in [0.25, 0.3) is 0 Å². The Morgan fingerprint density at radius 2 is 0.942 bits per heavy atom. The first-order chi connectivity index (χ1) is 24.5. The molecule has 0 saturated carbocycles. The second-order valence-electron chi connectivity index (χ2n) is 14.6. The Morgan fingerprint density at radius 3 is 1.37 bits per heavy atom. The minimum atomic E-state index is -1.51. The smallest absolute Gasteiger partial charge is 0.326 e. The summed E-state index contributed by atoms with van der Waals surface area (Å²) in [6.07, 6.45) is 11.0. The molecule has 0 rings (SSSR count). The number of aliphatic carboxylic acids is 1. The van der Waals surface area contributed by atoms with Gasteiger partial charge in [0.05, 0.1) is 19.0 Å². The van der Waals surface area contributed by atoms with E-state index in [9.17, 15) is 38.7 Å². The van der Waals surface area contributed by atoms with Gasteiger partial charge in [0.15, 0.2) is 0 Å². The third-order valence-electron chi connectivity index (χ3n) is 8.87. The van der Waals surface area contributed by atoms with E-state index in [1.807, 2.05) is 0 Å². The molecule has 0 bridgehead atoms. The molecule has 300 valence electrons. The summed E-state index contributed by atoms with van der Waals surface area (Å²) in [6, 6.07) is -5.34. The summed E-state index contributed by atoms with van der Waals surface area (Å²) in [6.45, 7) is 14.1. The summed E-state index contributed by atoms with van der Waals surface area (Å²) >= 11 is 0. The van der Waals surface area contributed by atoms with Crippen molar-refractivity contribution < 1.29 is 38.7 Å². The molecule has 5 atom stereocenters. The van der Waals surface area contributed by atoms with Crippen molar-refractivity contribution in [2.75, 3.05) is 20.1 Å². The zero-order chi connectivity index (χ0) is 39.8. The molecule has 0 fully saturated rings. The molecule has 0 aliphatic carbocycles. The van der Waals surface area contributed by atoms with Crippen LogP contribution in [0.2, 0.25) is 0 Å². The fraction of sp³-hybridized carbons (Fsp3) is 0.811. The number of rotatable bonds is 28. The molecule has 6 amide bonds. The molecule has 15 heteroatoms. The predicted octanol–water partition coefficient (Wildman–Crippen LogP) is 2.13. The summed E-state index contributed by atoms with van der Waals surface area (Å²) in [7, 11) is 1.61. The van der Waals surface area contributed by atoms with Crippen LogP contribution in [0, 0.1) is 17.8 Å². The molecule has 8 N–H and O–H groups in total. The van der Waals surface area contributed by atoms with Gasteiger partial charge in [-0.15, -0.1) is 0 Å². The molecular formula is C37H69N7O8. The molecule has 0 aromatic heterocycles. The largest absolute Gasteiger partial charge is 0.480 e. The van der Waals surface area contributed by atoms with Gasteiger partial charge in [-0.05, 0) is 38.1 Å². The molecule has 1 unspecified atom stereocenters. The summed E-state index contributed by atoms with van der Waals surface area (Å²) in [5, 5.41) is 28.0. The predicted molar refractivity (Wildman–Crippen MR) is 201 cm³/mol. The first-order valence-electron chi connectivity index (χ1n) is 19.1. The second kappa shape index (κ2) is 26.9. The van der Waals surface area contributed by atoms with Crippen molar-refractivity contribution in [2.24, 2.45) is 17.8 Å². The minimum absolute atomic E-state index is 0.348. The van der Waals surface area contributed by atoms with Gasteiger partial charge in [0, 0.05) is 6.54 Å². The van der Waals surface area contributed by atoms with Crippen LogP contribution in [0.15, 0.2) is 0 Å². The lowest BCUT2D eigenvalue weighted by molar-refractivity contribution is -0.144. The molecule has 0 saturated heterocycles. The van der Waals surface area contributed by atoms with E-state index in [1.54, 1.807) is 55.5 Å². The summed E-state index contributed by atoms with van der Waals surface area (Å²) in [4.78, 5) is 89.2. The summed E-state index contributed by atoms with van der Waals surface area (Å²) < 4.78 is 0.